The van der Waals surface area contributed by atoms with E-state index in [-0.39, 0.29) is 0 Å². The lowest BCUT2D eigenvalue weighted by atomic mass is 10.4. The SMILES string of the molecule is CCCCO[Si](OCCCC)(OCCCC)c1ccccc1I. The van der Waals surface area contributed by atoms with E-state index < -0.39 is 8.80 Å². The molecule has 0 aliphatic rings. The summed E-state index contributed by atoms with van der Waals surface area (Å²) in [4.78, 5) is 0. The van der Waals surface area contributed by atoms with E-state index in [1.807, 2.05) is 0 Å². The van der Waals surface area contributed by atoms with Gasteiger partial charge in [0.05, 0.1) is 0 Å². The minimum atomic E-state index is -2.84. The van der Waals surface area contributed by atoms with Crippen molar-refractivity contribution in [3.8, 4) is 0 Å². The zero-order chi connectivity index (χ0) is 17.0. The molecule has 1 aromatic carbocycles. The molecule has 0 heterocycles. The Labute approximate surface area is 156 Å². The van der Waals surface area contributed by atoms with E-state index in [1.165, 1.54) is 3.57 Å². The lowest BCUT2D eigenvalue weighted by Crippen LogP contribution is -2.58. The fourth-order valence-electron chi connectivity index (χ4n) is 2.12. The van der Waals surface area contributed by atoms with Crippen molar-refractivity contribution < 1.29 is 13.3 Å². The number of unbranched alkanes of at least 4 members (excludes halogenated alkanes) is 3. The first-order valence-corrected chi connectivity index (χ1v) is 11.7. The third kappa shape index (κ3) is 7.21. The highest BCUT2D eigenvalue weighted by Gasteiger charge is 2.45. The highest BCUT2D eigenvalue weighted by atomic mass is 127. The molecular formula is C18H31IO3Si. The Hall–Kier alpha value is 0.0469. The Kier molecular flexibility index (Phi) is 11.4. The molecule has 0 atom stereocenters. The second kappa shape index (κ2) is 12.4. The Balaban J connectivity index is 3.01. The zero-order valence-corrected chi connectivity index (χ0v) is 17.9. The second-order valence-corrected chi connectivity index (χ2v) is 9.32. The molecule has 0 spiro atoms. The Morgan fingerprint density at radius 2 is 1.22 bits per heavy atom. The quantitative estimate of drug-likeness (QED) is 0.243. The topological polar surface area (TPSA) is 27.7 Å². The average Bonchev–Trinajstić information content (AvgIpc) is 2.55. The van der Waals surface area contributed by atoms with Crippen LogP contribution in [0, 0.1) is 3.57 Å². The Bertz CT molecular complexity index is 402. The summed E-state index contributed by atoms with van der Waals surface area (Å²) >= 11 is 2.36. The number of rotatable bonds is 13. The summed E-state index contributed by atoms with van der Waals surface area (Å²) in [5.74, 6) is 0. The van der Waals surface area contributed by atoms with Gasteiger partial charge < -0.3 is 13.3 Å². The number of halogens is 1. The van der Waals surface area contributed by atoms with Gasteiger partial charge in [-0.1, -0.05) is 58.2 Å². The third-order valence-corrected chi connectivity index (χ3v) is 7.87. The van der Waals surface area contributed by atoms with Crippen molar-refractivity contribution in [1.82, 2.24) is 0 Å². The summed E-state index contributed by atoms with van der Waals surface area (Å²) in [5, 5.41) is 1.11. The Morgan fingerprint density at radius 3 is 1.61 bits per heavy atom. The summed E-state index contributed by atoms with van der Waals surface area (Å²) in [6.07, 6.45) is 6.44. The molecule has 0 radical (unpaired) electrons. The van der Waals surface area contributed by atoms with Gasteiger partial charge in [0.25, 0.3) is 0 Å². The minimum absolute atomic E-state index is 0.700. The van der Waals surface area contributed by atoms with Crippen LogP contribution in [0.2, 0.25) is 0 Å². The maximum atomic E-state index is 6.32. The highest BCUT2D eigenvalue weighted by molar-refractivity contribution is 14.1. The molecule has 5 heteroatoms. The molecule has 0 N–H and O–H groups in total. The van der Waals surface area contributed by atoms with Gasteiger partial charge in [0.15, 0.2) is 0 Å². The van der Waals surface area contributed by atoms with E-state index in [1.54, 1.807) is 0 Å². The normalized spacial score (nSPS) is 11.8. The predicted molar refractivity (Wildman–Crippen MR) is 107 cm³/mol. The first kappa shape index (κ1) is 21.1. The molecule has 0 bridgehead atoms. The highest BCUT2D eigenvalue weighted by Crippen LogP contribution is 2.17. The van der Waals surface area contributed by atoms with Crippen LogP contribution in [-0.2, 0) is 13.3 Å². The maximum Gasteiger partial charge on any atom is 0.538 e. The smallest absolute Gasteiger partial charge is 0.370 e. The fraction of sp³-hybridized carbons (Fsp3) is 0.667. The van der Waals surface area contributed by atoms with Crippen LogP contribution in [0.1, 0.15) is 59.3 Å². The molecule has 0 saturated carbocycles. The standard InChI is InChI=1S/C18H31IO3Si/c1-4-7-14-20-23(21-15-8-5-2,22-16-9-6-3)18-13-11-10-12-17(18)19/h10-13H,4-9,14-16H2,1-3H3. The van der Waals surface area contributed by atoms with Crippen molar-refractivity contribution in [3.05, 3.63) is 27.8 Å². The molecule has 0 saturated heterocycles. The molecule has 0 aliphatic carbocycles. The molecule has 0 fully saturated rings. The summed E-state index contributed by atoms with van der Waals surface area (Å²) in [6, 6.07) is 8.31. The van der Waals surface area contributed by atoms with Gasteiger partial charge in [-0.2, -0.15) is 0 Å². The van der Waals surface area contributed by atoms with E-state index in [4.69, 9.17) is 13.3 Å². The maximum absolute atomic E-state index is 6.32. The van der Waals surface area contributed by atoms with Crippen LogP contribution in [0.4, 0.5) is 0 Å². The molecule has 132 valence electrons. The van der Waals surface area contributed by atoms with Crippen LogP contribution in [0.5, 0.6) is 0 Å². The van der Waals surface area contributed by atoms with Crippen LogP contribution in [-0.4, -0.2) is 28.6 Å². The summed E-state index contributed by atoms with van der Waals surface area (Å²) in [6.45, 7) is 8.63. The van der Waals surface area contributed by atoms with E-state index in [0.717, 1.165) is 43.7 Å². The van der Waals surface area contributed by atoms with Crippen molar-refractivity contribution in [2.45, 2.75) is 59.3 Å². The molecule has 0 unspecified atom stereocenters. The second-order valence-electron chi connectivity index (χ2n) is 5.64. The molecular weight excluding hydrogens is 419 g/mol. The van der Waals surface area contributed by atoms with Gasteiger partial charge in [-0.25, -0.2) is 0 Å². The first-order chi connectivity index (χ1) is 11.2. The van der Waals surface area contributed by atoms with Crippen molar-refractivity contribution >= 4 is 36.6 Å². The average molecular weight is 450 g/mol. The number of hydrogen-bond acceptors (Lipinski definition) is 3. The van der Waals surface area contributed by atoms with Crippen LogP contribution in [0.25, 0.3) is 0 Å². The van der Waals surface area contributed by atoms with E-state index in [9.17, 15) is 0 Å². The lowest BCUT2D eigenvalue weighted by molar-refractivity contribution is 0.0699. The predicted octanol–water partition coefficient (Wildman–Crippen LogP) is 4.89. The van der Waals surface area contributed by atoms with Gasteiger partial charge in [0.1, 0.15) is 0 Å². The van der Waals surface area contributed by atoms with Crippen LogP contribution >= 0.6 is 22.6 Å². The van der Waals surface area contributed by atoms with Gasteiger partial charge in [-0.15, -0.1) is 0 Å². The molecule has 0 aromatic heterocycles. The van der Waals surface area contributed by atoms with Crippen LogP contribution in [0.3, 0.4) is 0 Å². The summed E-state index contributed by atoms with van der Waals surface area (Å²) in [7, 11) is -2.84. The van der Waals surface area contributed by atoms with Gasteiger partial charge in [-0.3, -0.25) is 0 Å². The molecule has 0 amide bonds. The zero-order valence-electron chi connectivity index (χ0n) is 14.8. The Morgan fingerprint density at radius 1 is 0.783 bits per heavy atom. The number of hydrogen-bond donors (Lipinski definition) is 0. The van der Waals surface area contributed by atoms with Gasteiger partial charge in [-0.05, 0) is 47.9 Å². The van der Waals surface area contributed by atoms with Crippen molar-refractivity contribution in [3.63, 3.8) is 0 Å². The van der Waals surface area contributed by atoms with Crippen molar-refractivity contribution in [2.24, 2.45) is 0 Å². The molecule has 0 aliphatic heterocycles. The van der Waals surface area contributed by atoms with E-state index >= 15 is 0 Å². The van der Waals surface area contributed by atoms with Gasteiger partial charge in [0.2, 0.25) is 0 Å². The largest absolute Gasteiger partial charge is 0.538 e. The fourth-order valence-corrected chi connectivity index (χ4v) is 6.13. The van der Waals surface area contributed by atoms with Crippen molar-refractivity contribution in [1.29, 1.82) is 0 Å². The summed E-state index contributed by atoms with van der Waals surface area (Å²) < 4.78 is 20.1. The molecule has 23 heavy (non-hydrogen) atoms. The van der Waals surface area contributed by atoms with Gasteiger partial charge >= 0.3 is 8.80 Å². The number of benzene rings is 1. The molecule has 1 aromatic rings. The molecule has 1 rings (SSSR count). The van der Waals surface area contributed by atoms with Crippen LogP contribution in [0.15, 0.2) is 24.3 Å². The van der Waals surface area contributed by atoms with Gasteiger partial charge in [0, 0.05) is 28.6 Å². The summed E-state index contributed by atoms with van der Waals surface area (Å²) in [5.41, 5.74) is 0. The minimum Gasteiger partial charge on any atom is -0.370 e. The third-order valence-electron chi connectivity index (χ3n) is 3.57. The molecule has 3 nitrogen and oxygen atoms in total. The lowest BCUT2D eigenvalue weighted by Gasteiger charge is -2.30. The van der Waals surface area contributed by atoms with Crippen LogP contribution < -0.4 is 5.19 Å². The first-order valence-electron chi connectivity index (χ1n) is 8.87. The monoisotopic (exact) mass is 450 g/mol. The van der Waals surface area contributed by atoms with Crippen molar-refractivity contribution in [2.75, 3.05) is 19.8 Å². The van der Waals surface area contributed by atoms with E-state index in [0.29, 0.717) is 19.8 Å². The van der Waals surface area contributed by atoms with E-state index in [2.05, 4.69) is 67.6 Å².